The van der Waals surface area contributed by atoms with Gasteiger partial charge in [0, 0.05) is 6.04 Å². The zero-order valence-corrected chi connectivity index (χ0v) is 9.08. The van der Waals surface area contributed by atoms with Crippen molar-refractivity contribution in [2.45, 2.75) is 44.6 Å². The van der Waals surface area contributed by atoms with E-state index in [0.717, 1.165) is 0 Å². The van der Waals surface area contributed by atoms with Crippen molar-refractivity contribution in [2.24, 2.45) is 0 Å². The number of hydrogen-bond acceptors (Lipinski definition) is 2. The lowest BCUT2D eigenvalue weighted by Crippen LogP contribution is -2.66. The molecule has 0 radical (unpaired) electrons. The van der Waals surface area contributed by atoms with Crippen LogP contribution in [0.2, 0.25) is 0 Å². The molecule has 4 heteroatoms. The molecule has 2 nitrogen and oxygen atoms in total. The highest BCUT2D eigenvalue weighted by Crippen LogP contribution is 2.28. The third kappa shape index (κ3) is 1.43. The molecule has 1 aliphatic heterocycles. The Morgan fingerprint density at radius 3 is 2.42 bits per heavy atom. The largest absolute Gasteiger partial charge is 0.278 e. The summed E-state index contributed by atoms with van der Waals surface area (Å²) in [7, 11) is 1.54. The van der Waals surface area contributed by atoms with Crippen molar-refractivity contribution in [2.75, 3.05) is 7.05 Å². The Kier molecular flexibility index (Phi) is 2.48. The second-order valence-electron chi connectivity index (χ2n) is 4.02. The third-order valence-corrected chi connectivity index (χ3v) is 4.96. The van der Waals surface area contributed by atoms with Crippen LogP contribution in [0.3, 0.4) is 0 Å². The molecule has 1 atom stereocenters. The summed E-state index contributed by atoms with van der Waals surface area (Å²) in [6.07, 6.45) is 5.72. The van der Waals surface area contributed by atoms with E-state index in [0.29, 0.717) is 6.04 Å². The van der Waals surface area contributed by atoms with Crippen LogP contribution in [-0.4, -0.2) is 38.5 Å². The molecule has 1 saturated carbocycles. The Balaban J connectivity index is 1.84. The molecule has 0 amide bonds. The molecule has 2 rings (SSSR count). The highest BCUT2D eigenvalue weighted by molar-refractivity contribution is 6.31. The molecule has 0 aromatic rings. The van der Waals surface area contributed by atoms with E-state index in [1.54, 1.807) is 0 Å². The van der Waals surface area contributed by atoms with Crippen molar-refractivity contribution in [3.8, 4) is 0 Å². The van der Waals surface area contributed by atoms with E-state index in [-0.39, 0.29) is 9.84 Å². The lowest BCUT2D eigenvalue weighted by atomic mass is 9.95. The number of halogens is 1. The van der Waals surface area contributed by atoms with Crippen molar-refractivity contribution in [1.29, 1.82) is 0 Å². The highest BCUT2D eigenvalue weighted by Gasteiger charge is 2.38. The minimum absolute atomic E-state index is 0.357. The van der Waals surface area contributed by atoms with Gasteiger partial charge in [-0.25, -0.2) is 4.39 Å². The predicted molar refractivity (Wildman–Crippen MR) is 49.9 cm³/mol. The fourth-order valence-electron chi connectivity index (χ4n) is 2.25. The topological polar surface area (TPSA) is 6.48 Å². The smallest absolute Gasteiger partial charge is 0.199 e. The van der Waals surface area contributed by atoms with Crippen LogP contribution >= 0.6 is 0 Å². The van der Waals surface area contributed by atoms with Crippen LogP contribution in [0.25, 0.3) is 0 Å². The third-order valence-electron chi connectivity index (χ3n) is 3.07. The molecule has 1 unspecified atom stereocenters. The fraction of sp³-hybridized carbons (Fsp3) is 1.00. The molecule has 0 spiro atoms. The van der Waals surface area contributed by atoms with Gasteiger partial charge in [0.1, 0.15) is 0 Å². The highest BCUT2D eigenvalue weighted by atomic mass is 28.2. The van der Waals surface area contributed by atoms with E-state index >= 15 is 0 Å². The van der Waals surface area contributed by atoms with E-state index in [4.69, 9.17) is 0 Å². The fourth-order valence-corrected chi connectivity index (χ4v) is 3.81. The van der Waals surface area contributed by atoms with Gasteiger partial charge in [-0.1, -0.05) is 19.3 Å². The first kappa shape index (κ1) is 8.66. The van der Waals surface area contributed by atoms with Gasteiger partial charge in [0.15, 0.2) is 16.3 Å². The standard InChI is InChI=1S/C8H17FN2Si/c1-10-8(9)11(12-10)7-5-3-2-4-6-7/h7-8H,2-6,12H2,1H3. The van der Waals surface area contributed by atoms with Crippen LogP contribution < -0.4 is 0 Å². The van der Waals surface area contributed by atoms with E-state index in [2.05, 4.69) is 4.57 Å². The Hall–Kier alpha value is 0.0669. The summed E-state index contributed by atoms with van der Waals surface area (Å²) in [6, 6.07) is 0.594. The number of rotatable bonds is 1. The Morgan fingerprint density at radius 2 is 1.92 bits per heavy atom. The number of nitrogens with zero attached hydrogens (tertiary/aromatic N) is 2. The second-order valence-corrected chi connectivity index (χ2v) is 6.03. The molecule has 1 heterocycles. The van der Waals surface area contributed by atoms with E-state index in [1.807, 2.05) is 11.6 Å². The number of hydrogen-bond donors (Lipinski definition) is 0. The van der Waals surface area contributed by atoms with Crippen molar-refractivity contribution in [1.82, 2.24) is 9.13 Å². The molecule has 70 valence electrons. The van der Waals surface area contributed by atoms with Gasteiger partial charge >= 0.3 is 0 Å². The first-order valence-electron chi connectivity index (χ1n) is 4.89. The first-order chi connectivity index (χ1) is 5.79. The summed E-state index contributed by atoms with van der Waals surface area (Å²) in [5, 5.41) is 0. The number of alkyl halides is 1. The van der Waals surface area contributed by atoms with Crippen molar-refractivity contribution < 1.29 is 4.39 Å². The van der Waals surface area contributed by atoms with Crippen molar-refractivity contribution >= 4 is 9.84 Å². The average Bonchev–Trinajstić information content (AvgIpc) is 2.15. The lowest BCUT2D eigenvalue weighted by molar-refractivity contribution is -0.0346. The summed E-state index contributed by atoms with van der Waals surface area (Å²) < 4.78 is 17.3. The maximum Gasteiger partial charge on any atom is 0.199 e. The minimum Gasteiger partial charge on any atom is -0.278 e. The van der Waals surface area contributed by atoms with Crippen LogP contribution in [-0.2, 0) is 0 Å². The Bertz CT molecular complexity index is 158. The van der Waals surface area contributed by atoms with Gasteiger partial charge < -0.3 is 0 Å². The molecular formula is C8H17FN2Si. The van der Waals surface area contributed by atoms with Gasteiger partial charge in [-0.05, 0) is 19.9 Å². The van der Waals surface area contributed by atoms with Crippen LogP contribution in [0.1, 0.15) is 32.1 Å². The first-order valence-corrected chi connectivity index (χ1v) is 6.15. The van der Waals surface area contributed by atoms with Gasteiger partial charge in [-0.2, -0.15) is 0 Å². The van der Waals surface area contributed by atoms with Crippen molar-refractivity contribution in [3.05, 3.63) is 0 Å². The van der Waals surface area contributed by atoms with Crippen molar-refractivity contribution in [3.63, 3.8) is 0 Å². The SMILES string of the molecule is CN1[SiH2]N(C2CCCCC2)C1F. The zero-order valence-electron chi connectivity index (χ0n) is 7.67. The van der Waals surface area contributed by atoms with Gasteiger partial charge in [0.2, 0.25) is 0 Å². The summed E-state index contributed by atoms with van der Waals surface area (Å²) in [4.78, 5) is 0. The zero-order chi connectivity index (χ0) is 8.55. The van der Waals surface area contributed by atoms with Gasteiger partial charge in [-0.3, -0.25) is 9.13 Å². The van der Waals surface area contributed by atoms with Crippen LogP contribution in [0.4, 0.5) is 4.39 Å². The molecule has 0 N–H and O–H groups in total. The van der Waals surface area contributed by atoms with E-state index in [1.165, 1.54) is 32.1 Å². The molecule has 2 aliphatic rings. The average molecular weight is 188 g/mol. The van der Waals surface area contributed by atoms with E-state index < -0.39 is 6.42 Å². The maximum atomic E-state index is 13.2. The molecule has 12 heavy (non-hydrogen) atoms. The maximum absolute atomic E-state index is 13.2. The summed E-state index contributed by atoms with van der Waals surface area (Å²) in [5.41, 5.74) is 0. The lowest BCUT2D eigenvalue weighted by Gasteiger charge is -2.49. The van der Waals surface area contributed by atoms with Crippen LogP contribution in [0, 0.1) is 0 Å². The quantitative estimate of drug-likeness (QED) is 0.444. The molecule has 0 bridgehead atoms. The summed E-state index contributed by atoms with van der Waals surface area (Å²) >= 11 is 0. The normalized spacial score (nSPS) is 37.0. The Morgan fingerprint density at radius 1 is 1.25 bits per heavy atom. The van der Waals surface area contributed by atoms with Gasteiger partial charge in [0.25, 0.3) is 0 Å². The molecule has 1 aliphatic carbocycles. The summed E-state index contributed by atoms with van der Waals surface area (Å²) in [6.45, 7) is 0. The molecule has 1 saturated heterocycles. The minimum atomic E-state index is -0.736. The Labute approximate surface area is 75.7 Å². The molecular weight excluding hydrogens is 171 g/mol. The van der Waals surface area contributed by atoms with Crippen LogP contribution in [0.5, 0.6) is 0 Å². The second kappa shape index (κ2) is 3.44. The summed E-state index contributed by atoms with van der Waals surface area (Å²) in [5.74, 6) is 0. The molecule has 2 fully saturated rings. The predicted octanol–water partition coefficient (Wildman–Crippen LogP) is 0.818. The molecule has 0 aromatic carbocycles. The van der Waals surface area contributed by atoms with Gasteiger partial charge in [-0.15, -0.1) is 0 Å². The monoisotopic (exact) mass is 188 g/mol. The van der Waals surface area contributed by atoms with Gasteiger partial charge in [0.05, 0.1) is 0 Å². The molecule has 0 aromatic heterocycles. The van der Waals surface area contributed by atoms with Crippen LogP contribution in [0.15, 0.2) is 0 Å². The van der Waals surface area contributed by atoms with E-state index in [9.17, 15) is 4.39 Å².